The number of benzene rings is 1. The lowest BCUT2D eigenvalue weighted by Gasteiger charge is -2.37. The highest BCUT2D eigenvalue weighted by Crippen LogP contribution is 2.33. The summed E-state index contributed by atoms with van der Waals surface area (Å²) in [7, 11) is 5.38. The molecule has 5 rings (SSSR count). The summed E-state index contributed by atoms with van der Waals surface area (Å²) in [5, 5.41) is 4.47. The summed E-state index contributed by atoms with van der Waals surface area (Å²) in [6.45, 7) is 4.80. The van der Waals surface area contributed by atoms with Crippen LogP contribution in [0.2, 0.25) is 0 Å². The van der Waals surface area contributed by atoms with E-state index < -0.39 is 0 Å². The maximum Gasteiger partial charge on any atom is 0.320 e. The summed E-state index contributed by atoms with van der Waals surface area (Å²) in [6.07, 6.45) is 4.75. The molecule has 0 atom stereocenters. The molecule has 4 heterocycles. The molecule has 3 aromatic rings. The molecule has 2 amide bonds. The van der Waals surface area contributed by atoms with Crippen LogP contribution in [0.25, 0.3) is 16.6 Å². The van der Waals surface area contributed by atoms with Crippen LogP contribution in [-0.2, 0) is 0 Å². The van der Waals surface area contributed by atoms with Crippen molar-refractivity contribution in [2.24, 2.45) is 0 Å². The van der Waals surface area contributed by atoms with E-state index in [0.29, 0.717) is 13.1 Å². The molecule has 184 valence electrons. The first kappa shape index (κ1) is 23.0. The summed E-state index contributed by atoms with van der Waals surface area (Å²) in [6, 6.07) is 9.93. The number of pyridine rings is 1. The van der Waals surface area contributed by atoms with Crippen molar-refractivity contribution in [2.45, 2.75) is 6.42 Å². The van der Waals surface area contributed by atoms with Gasteiger partial charge >= 0.3 is 6.03 Å². The van der Waals surface area contributed by atoms with E-state index in [1.165, 1.54) is 5.57 Å². The first-order valence-electron chi connectivity index (χ1n) is 11.9. The first-order valence-corrected chi connectivity index (χ1v) is 11.9. The van der Waals surface area contributed by atoms with Crippen LogP contribution in [0.1, 0.15) is 12.1 Å². The Morgan fingerprint density at radius 2 is 1.74 bits per heavy atom. The molecule has 0 aliphatic carbocycles. The number of piperazine rings is 1. The van der Waals surface area contributed by atoms with Gasteiger partial charge in [-0.1, -0.05) is 6.08 Å². The number of nitrogens with one attached hydrogen (secondary N) is 2. The van der Waals surface area contributed by atoms with Crippen LogP contribution in [0.4, 0.5) is 16.2 Å². The van der Waals surface area contributed by atoms with E-state index >= 15 is 0 Å². The quantitative estimate of drug-likeness (QED) is 0.583. The zero-order chi connectivity index (χ0) is 24.4. The van der Waals surface area contributed by atoms with E-state index in [4.69, 9.17) is 9.47 Å². The largest absolute Gasteiger partial charge is 0.497 e. The lowest BCUT2D eigenvalue weighted by atomic mass is 10.0. The molecule has 2 aliphatic rings. The minimum atomic E-state index is 0.145. The Kier molecular flexibility index (Phi) is 6.50. The number of anilines is 2. The van der Waals surface area contributed by atoms with Gasteiger partial charge in [-0.15, -0.1) is 0 Å². The minimum Gasteiger partial charge on any atom is -0.497 e. The van der Waals surface area contributed by atoms with E-state index in [1.807, 2.05) is 34.1 Å². The normalized spacial score (nSPS) is 16.8. The SMILES string of the molecule is COc1cc(Nc2ccnc3[nH]c(C4=CCN(C(=O)N5CCN(C)CC5)CC4)cc23)cc(OC)c1. The van der Waals surface area contributed by atoms with Gasteiger partial charge in [0.1, 0.15) is 17.1 Å². The molecule has 0 spiro atoms. The second-order valence-electron chi connectivity index (χ2n) is 9.03. The fraction of sp³-hybridized carbons (Fsp3) is 0.385. The van der Waals surface area contributed by atoms with Gasteiger partial charge in [-0.2, -0.15) is 0 Å². The van der Waals surface area contributed by atoms with Gasteiger partial charge in [0.15, 0.2) is 0 Å². The molecule has 2 aromatic heterocycles. The number of hydrogen-bond donors (Lipinski definition) is 2. The molecular formula is C26H32N6O3. The summed E-state index contributed by atoms with van der Waals surface area (Å²) >= 11 is 0. The number of rotatable bonds is 5. The number of aromatic amines is 1. The van der Waals surface area contributed by atoms with E-state index in [2.05, 4.69) is 39.4 Å². The van der Waals surface area contributed by atoms with Crippen LogP contribution >= 0.6 is 0 Å². The predicted molar refractivity (Wildman–Crippen MR) is 138 cm³/mol. The number of carbonyl (C=O) groups is 1. The predicted octanol–water partition coefficient (Wildman–Crippen LogP) is 3.78. The molecule has 0 radical (unpaired) electrons. The summed E-state index contributed by atoms with van der Waals surface area (Å²) in [5.74, 6) is 1.44. The molecule has 2 aliphatic heterocycles. The molecular weight excluding hydrogens is 444 g/mol. The Morgan fingerprint density at radius 1 is 1.00 bits per heavy atom. The molecule has 9 heteroatoms. The van der Waals surface area contributed by atoms with Gasteiger partial charge in [-0.25, -0.2) is 9.78 Å². The van der Waals surface area contributed by atoms with Crippen LogP contribution in [0.3, 0.4) is 0 Å². The molecule has 0 bridgehead atoms. The van der Waals surface area contributed by atoms with E-state index in [1.54, 1.807) is 20.4 Å². The third-order valence-corrected chi connectivity index (χ3v) is 6.76. The maximum absolute atomic E-state index is 12.9. The number of H-pyrrole nitrogens is 1. The molecule has 35 heavy (non-hydrogen) atoms. The smallest absolute Gasteiger partial charge is 0.320 e. The second-order valence-corrected chi connectivity index (χ2v) is 9.03. The Hall–Kier alpha value is -3.72. The zero-order valence-electron chi connectivity index (χ0n) is 20.5. The number of aromatic nitrogens is 2. The van der Waals surface area contributed by atoms with Crippen molar-refractivity contribution >= 4 is 34.0 Å². The monoisotopic (exact) mass is 476 g/mol. The Bertz CT molecular complexity index is 1220. The van der Waals surface area contributed by atoms with Gasteiger partial charge in [-0.3, -0.25) is 0 Å². The highest BCUT2D eigenvalue weighted by atomic mass is 16.5. The second kappa shape index (κ2) is 9.87. The van der Waals surface area contributed by atoms with Gasteiger partial charge in [0, 0.05) is 80.4 Å². The van der Waals surface area contributed by atoms with Crippen molar-refractivity contribution in [2.75, 3.05) is 65.9 Å². The van der Waals surface area contributed by atoms with Crippen LogP contribution < -0.4 is 14.8 Å². The number of amides is 2. The van der Waals surface area contributed by atoms with E-state index in [9.17, 15) is 4.79 Å². The van der Waals surface area contributed by atoms with E-state index in [-0.39, 0.29) is 6.03 Å². The van der Waals surface area contributed by atoms with Crippen molar-refractivity contribution in [1.29, 1.82) is 0 Å². The van der Waals surface area contributed by atoms with Crippen molar-refractivity contribution < 1.29 is 14.3 Å². The topological polar surface area (TPSA) is 86.0 Å². The number of likely N-dealkylation sites (N-methyl/N-ethyl adjacent to an activating group) is 1. The lowest BCUT2D eigenvalue weighted by molar-refractivity contribution is 0.125. The number of urea groups is 1. The fourth-order valence-corrected chi connectivity index (χ4v) is 4.63. The number of hydrogen-bond acceptors (Lipinski definition) is 6. The summed E-state index contributed by atoms with van der Waals surface area (Å²) in [5.41, 5.74) is 4.87. The number of fused-ring (bicyclic) bond motifs is 1. The molecule has 2 N–H and O–H groups in total. The number of carbonyl (C=O) groups excluding carboxylic acids is 1. The Balaban J connectivity index is 1.33. The van der Waals surface area contributed by atoms with Gasteiger partial charge in [0.05, 0.1) is 19.9 Å². The average molecular weight is 477 g/mol. The molecule has 0 unspecified atom stereocenters. The standard InChI is InChI=1S/C26H32N6O3/c1-30-10-12-32(13-11-30)26(33)31-8-5-18(6-9-31)24-17-22-23(4-7-27-25(22)29-24)28-19-14-20(34-2)16-21(15-19)35-3/h4-5,7,14-17H,6,8-13H2,1-3H3,(H2,27,28,29). The highest BCUT2D eigenvalue weighted by Gasteiger charge is 2.26. The van der Waals surface area contributed by atoms with E-state index in [0.717, 1.165) is 72.2 Å². The molecule has 0 saturated carbocycles. The van der Waals surface area contributed by atoms with Crippen molar-refractivity contribution in [3.63, 3.8) is 0 Å². The number of nitrogens with zero attached hydrogens (tertiary/aromatic N) is 4. The van der Waals surface area contributed by atoms with Crippen LogP contribution in [-0.4, -0.2) is 91.2 Å². The Morgan fingerprint density at radius 3 is 2.40 bits per heavy atom. The van der Waals surface area contributed by atoms with Gasteiger partial charge in [0.2, 0.25) is 0 Å². The summed E-state index contributed by atoms with van der Waals surface area (Å²) < 4.78 is 10.8. The van der Waals surface area contributed by atoms with Gasteiger partial charge in [-0.05, 0) is 31.2 Å². The zero-order valence-corrected chi connectivity index (χ0v) is 20.5. The number of ether oxygens (including phenoxy) is 2. The molecule has 9 nitrogen and oxygen atoms in total. The molecule has 1 fully saturated rings. The minimum absolute atomic E-state index is 0.145. The Labute approximate surface area is 205 Å². The van der Waals surface area contributed by atoms with Gasteiger partial charge < -0.3 is 34.5 Å². The van der Waals surface area contributed by atoms with Gasteiger partial charge in [0.25, 0.3) is 0 Å². The third kappa shape index (κ3) is 4.90. The van der Waals surface area contributed by atoms with Crippen molar-refractivity contribution in [1.82, 2.24) is 24.7 Å². The van der Waals surface area contributed by atoms with Crippen LogP contribution in [0.15, 0.2) is 42.6 Å². The van der Waals surface area contributed by atoms with Crippen molar-refractivity contribution in [3.8, 4) is 11.5 Å². The van der Waals surface area contributed by atoms with Crippen LogP contribution in [0.5, 0.6) is 11.5 Å². The van der Waals surface area contributed by atoms with Crippen LogP contribution in [0, 0.1) is 0 Å². The maximum atomic E-state index is 12.9. The number of methoxy groups -OCH3 is 2. The first-order chi connectivity index (χ1) is 17.0. The molecule has 1 aromatic carbocycles. The highest BCUT2D eigenvalue weighted by molar-refractivity contribution is 5.94. The fourth-order valence-electron chi connectivity index (χ4n) is 4.63. The van der Waals surface area contributed by atoms with Crippen molar-refractivity contribution in [3.05, 3.63) is 48.3 Å². The third-order valence-electron chi connectivity index (χ3n) is 6.76. The molecule has 1 saturated heterocycles. The summed E-state index contributed by atoms with van der Waals surface area (Å²) in [4.78, 5) is 27.1. The average Bonchev–Trinajstić information content (AvgIpc) is 3.34. The lowest BCUT2D eigenvalue weighted by Crippen LogP contribution is -2.52.